The topological polar surface area (TPSA) is 12.0 Å². The summed E-state index contributed by atoms with van der Waals surface area (Å²) >= 11 is 3.43. The average molecular weight is 336 g/mol. The van der Waals surface area contributed by atoms with Crippen LogP contribution in [0.4, 0.5) is 4.39 Å². The van der Waals surface area contributed by atoms with Crippen molar-refractivity contribution >= 4 is 15.9 Å². The first kappa shape index (κ1) is 15.2. The molecule has 0 saturated carbocycles. The van der Waals surface area contributed by atoms with Crippen LogP contribution in [0, 0.1) is 5.82 Å². The number of hydrogen-bond donors (Lipinski definition) is 1. The highest BCUT2D eigenvalue weighted by atomic mass is 79.9. The van der Waals surface area contributed by atoms with Gasteiger partial charge < -0.3 is 5.32 Å². The van der Waals surface area contributed by atoms with Crippen LogP contribution in [0.25, 0.3) is 11.1 Å². The Labute approximate surface area is 128 Å². The predicted octanol–water partition coefficient (Wildman–Crippen LogP) is 5.32. The van der Waals surface area contributed by atoms with Crippen LogP contribution in [0.3, 0.4) is 0 Å². The molecule has 20 heavy (non-hydrogen) atoms. The van der Waals surface area contributed by atoms with Crippen LogP contribution in [-0.2, 0) is 0 Å². The third kappa shape index (κ3) is 3.68. The quantitative estimate of drug-likeness (QED) is 0.780. The number of rotatable bonds is 5. The van der Waals surface area contributed by atoms with Gasteiger partial charge in [-0.15, -0.1) is 0 Å². The van der Waals surface area contributed by atoms with E-state index in [0.717, 1.165) is 28.6 Å². The molecular formula is C17H19BrFN. The van der Waals surface area contributed by atoms with E-state index < -0.39 is 0 Å². The first-order valence-electron chi connectivity index (χ1n) is 6.90. The van der Waals surface area contributed by atoms with Gasteiger partial charge in [-0.2, -0.15) is 0 Å². The lowest BCUT2D eigenvalue weighted by atomic mass is 9.99. The molecule has 106 valence electrons. The van der Waals surface area contributed by atoms with Crippen LogP contribution in [0.1, 0.15) is 31.9 Å². The molecule has 1 N–H and O–H groups in total. The molecular weight excluding hydrogens is 317 g/mol. The molecule has 2 aromatic rings. The summed E-state index contributed by atoms with van der Waals surface area (Å²) in [6.45, 7) is 5.20. The minimum Gasteiger partial charge on any atom is -0.310 e. The zero-order valence-corrected chi connectivity index (χ0v) is 13.4. The fourth-order valence-electron chi connectivity index (χ4n) is 2.17. The largest absolute Gasteiger partial charge is 0.310 e. The van der Waals surface area contributed by atoms with Crippen molar-refractivity contribution in [2.24, 2.45) is 0 Å². The van der Waals surface area contributed by atoms with E-state index in [-0.39, 0.29) is 11.9 Å². The van der Waals surface area contributed by atoms with Crippen LogP contribution in [0.15, 0.2) is 46.9 Å². The molecule has 0 aliphatic heterocycles. The Bertz CT molecular complexity index is 583. The van der Waals surface area contributed by atoms with Crippen molar-refractivity contribution in [2.45, 2.75) is 26.3 Å². The molecule has 3 heteroatoms. The molecule has 0 heterocycles. The van der Waals surface area contributed by atoms with Gasteiger partial charge in [-0.05, 0) is 55.3 Å². The van der Waals surface area contributed by atoms with Crippen molar-refractivity contribution in [2.75, 3.05) is 6.54 Å². The Kier molecular flexibility index (Phi) is 5.32. The highest BCUT2D eigenvalue weighted by Gasteiger charge is 2.10. The lowest BCUT2D eigenvalue weighted by molar-refractivity contribution is 0.568. The summed E-state index contributed by atoms with van der Waals surface area (Å²) in [6, 6.07) is 13.3. The fourth-order valence-corrected chi connectivity index (χ4v) is 2.57. The highest BCUT2D eigenvalue weighted by Crippen LogP contribution is 2.28. The molecule has 0 bridgehead atoms. The molecule has 0 saturated heterocycles. The van der Waals surface area contributed by atoms with E-state index in [1.54, 1.807) is 6.07 Å². The van der Waals surface area contributed by atoms with Crippen molar-refractivity contribution in [3.63, 3.8) is 0 Å². The zero-order valence-electron chi connectivity index (χ0n) is 11.8. The van der Waals surface area contributed by atoms with Crippen molar-refractivity contribution in [3.8, 4) is 11.1 Å². The zero-order chi connectivity index (χ0) is 14.5. The van der Waals surface area contributed by atoms with E-state index in [4.69, 9.17) is 0 Å². The Morgan fingerprint density at radius 2 is 2.00 bits per heavy atom. The number of nitrogens with one attached hydrogen (secondary N) is 1. The Morgan fingerprint density at radius 3 is 2.70 bits per heavy atom. The van der Waals surface area contributed by atoms with E-state index in [2.05, 4.69) is 35.1 Å². The van der Waals surface area contributed by atoms with Gasteiger partial charge in [0.1, 0.15) is 5.82 Å². The maximum atomic E-state index is 14.1. The van der Waals surface area contributed by atoms with Gasteiger partial charge in [0.2, 0.25) is 0 Å². The van der Waals surface area contributed by atoms with Crippen molar-refractivity contribution in [1.82, 2.24) is 5.32 Å². The monoisotopic (exact) mass is 335 g/mol. The molecule has 2 rings (SSSR count). The Hall–Kier alpha value is -1.19. The minimum absolute atomic E-state index is 0.186. The van der Waals surface area contributed by atoms with E-state index in [9.17, 15) is 4.39 Å². The van der Waals surface area contributed by atoms with Crippen molar-refractivity contribution in [3.05, 3.63) is 58.3 Å². The summed E-state index contributed by atoms with van der Waals surface area (Å²) in [7, 11) is 0. The van der Waals surface area contributed by atoms with Crippen molar-refractivity contribution < 1.29 is 4.39 Å². The van der Waals surface area contributed by atoms with E-state index in [1.807, 2.05) is 36.4 Å². The number of hydrogen-bond acceptors (Lipinski definition) is 1. The van der Waals surface area contributed by atoms with Crippen LogP contribution >= 0.6 is 15.9 Å². The molecule has 0 aromatic heterocycles. The second-order valence-electron chi connectivity index (χ2n) is 4.93. The molecule has 1 unspecified atom stereocenters. The fraction of sp³-hybridized carbons (Fsp3) is 0.294. The van der Waals surface area contributed by atoms with Crippen LogP contribution < -0.4 is 5.32 Å². The third-order valence-corrected chi connectivity index (χ3v) is 3.82. The van der Waals surface area contributed by atoms with E-state index in [0.29, 0.717) is 5.56 Å². The molecule has 0 fully saturated rings. The molecule has 0 spiro atoms. The SMILES string of the molecule is CCCNC(C)c1ccc(F)c(-c2cccc(Br)c2)c1. The van der Waals surface area contributed by atoms with Gasteiger partial charge in [0.25, 0.3) is 0 Å². The summed E-state index contributed by atoms with van der Waals surface area (Å²) in [5, 5.41) is 3.43. The average Bonchev–Trinajstić information content (AvgIpc) is 2.45. The number of halogens is 2. The molecule has 0 amide bonds. The van der Waals surface area contributed by atoms with Gasteiger partial charge in [-0.3, -0.25) is 0 Å². The summed E-state index contributed by atoms with van der Waals surface area (Å²) in [4.78, 5) is 0. The van der Waals surface area contributed by atoms with Crippen molar-refractivity contribution in [1.29, 1.82) is 0 Å². The van der Waals surface area contributed by atoms with Gasteiger partial charge in [0, 0.05) is 16.1 Å². The minimum atomic E-state index is -0.186. The first-order chi connectivity index (χ1) is 9.61. The van der Waals surface area contributed by atoms with Gasteiger partial charge in [0.05, 0.1) is 0 Å². The van der Waals surface area contributed by atoms with Gasteiger partial charge >= 0.3 is 0 Å². The van der Waals surface area contributed by atoms with E-state index >= 15 is 0 Å². The summed E-state index contributed by atoms with van der Waals surface area (Å²) in [5.41, 5.74) is 2.64. The van der Waals surface area contributed by atoms with Gasteiger partial charge in [-0.25, -0.2) is 4.39 Å². The maximum Gasteiger partial charge on any atom is 0.131 e. The van der Waals surface area contributed by atoms with Gasteiger partial charge in [0.15, 0.2) is 0 Å². The summed E-state index contributed by atoms with van der Waals surface area (Å²) in [6.07, 6.45) is 1.09. The summed E-state index contributed by atoms with van der Waals surface area (Å²) in [5.74, 6) is -0.186. The van der Waals surface area contributed by atoms with Crippen LogP contribution in [-0.4, -0.2) is 6.54 Å². The smallest absolute Gasteiger partial charge is 0.131 e. The second-order valence-corrected chi connectivity index (χ2v) is 5.84. The Balaban J connectivity index is 2.34. The normalized spacial score (nSPS) is 12.4. The van der Waals surface area contributed by atoms with Crippen LogP contribution in [0.2, 0.25) is 0 Å². The maximum absolute atomic E-state index is 14.1. The predicted molar refractivity (Wildman–Crippen MR) is 86.2 cm³/mol. The van der Waals surface area contributed by atoms with E-state index in [1.165, 1.54) is 0 Å². The standard InChI is InChI=1S/C17H19BrFN/c1-3-9-20-12(2)13-7-8-17(19)16(11-13)14-5-4-6-15(18)10-14/h4-8,10-12,20H,3,9H2,1-2H3. The molecule has 2 aromatic carbocycles. The summed E-state index contributed by atoms with van der Waals surface area (Å²) < 4.78 is 15.0. The molecule has 0 radical (unpaired) electrons. The third-order valence-electron chi connectivity index (χ3n) is 3.33. The number of benzene rings is 2. The van der Waals surface area contributed by atoms with Crippen LogP contribution in [0.5, 0.6) is 0 Å². The second kappa shape index (κ2) is 7.00. The lowest BCUT2D eigenvalue weighted by Crippen LogP contribution is -2.19. The first-order valence-corrected chi connectivity index (χ1v) is 7.70. The molecule has 1 atom stereocenters. The lowest BCUT2D eigenvalue weighted by Gasteiger charge is -2.15. The molecule has 0 aliphatic carbocycles. The molecule has 1 nitrogen and oxygen atoms in total. The van der Waals surface area contributed by atoms with Gasteiger partial charge in [-0.1, -0.05) is 41.1 Å². The highest BCUT2D eigenvalue weighted by molar-refractivity contribution is 9.10. The Morgan fingerprint density at radius 1 is 1.20 bits per heavy atom. The molecule has 0 aliphatic rings.